The average Bonchev–Trinajstić information content (AvgIpc) is 3.18. The first-order valence-corrected chi connectivity index (χ1v) is 10.6. The number of nitrogens with zero attached hydrogens (tertiary/aromatic N) is 2. The molecule has 3 rings (SSSR count). The lowest BCUT2D eigenvalue weighted by molar-refractivity contribution is -0.159. The lowest BCUT2D eigenvalue weighted by Crippen LogP contribution is -2.58. The van der Waals surface area contributed by atoms with E-state index >= 15 is 0 Å². The van der Waals surface area contributed by atoms with Crippen LogP contribution in [0.4, 0.5) is 0 Å². The van der Waals surface area contributed by atoms with Gasteiger partial charge in [0.1, 0.15) is 0 Å². The van der Waals surface area contributed by atoms with Crippen molar-refractivity contribution in [1.29, 1.82) is 0 Å². The number of carbonyl (C=O) groups is 1. The van der Waals surface area contributed by atoms with E-state index < -0.39 is 5.60 Å². The van der Waals surface area contributed by atoms with E-state index in [2.05, 4.69) is 53.9 Å². The quantitative estimate of drug-likeness (QED) is 0.633. The number of piperidine rings is 1. The molecule has 2 fully saturated rings. The van der Waals surface area contributed by atoms with Crippen molar-refractivity contribution in [1.82, 2.24) is 20.7 Å². The molecule has 2 saturated heterocycles. The summed E-state index contributed by atoms with van der Waals surface area (Å²) in [4.78, 5) is 17.0. The van der Waals surface area contributed by atoms with Gasteiger partial charge in [-0.1, -0.05) is 38.1 Å². The summed E-state index contributed by atoms with van der Waals surface area (Å²) in [6.45, 7) is 8.92. The zero-order chi connectivity index (χ0) is 20.1. The summed E-state index contributed by atoms with van der Waals surface area (Å²) in [5.41, 5.74) is 7.46. The molecule has 3 N–H and O–H groups in total. The number of nitrogens with one attached hydrogen (secondary N) is 2. The molecule has 0 bridgehead atoms. The van der Waals surface area contributed by atoms with E-state index in [1.807, 2.05) is 11.9 Å². The molecule has 1 amide bonds. The number of likely N-dealkylation sites (tertiary alicyclic amines) is 1. The number of aliphatic hydroxyl groups is 1. The molecule has 2 aliphatic rings. The van der Waals surface area contributed by atoms with Crippen LogP contribution in [0.3, 0.4) is 0 Å². The third kappa shape index (κ3) is 5.32. The summed E-state index contributed by atoms with van der Waals surface area (Å²) in [6.07, 6.45) is 2.45. The summed E-state index contributed by atoms with van der Waals surface area (Å²) in [6, 6.07) is 8.49. The molecule has 156 valence electrons. The van der Waals surface area contributed by atoms with Gasteiger partial charge in [-0.2, -0.15) is 0 Å². The number of carbonyl (C=O) groups excluding carboxylic acids is 1. The van der Waals surface area contributed by atoms with Gasteiger partial charge in [-0.15, -0.1) is 0 Å². The summed E-state index contributed by atoms with van der Waals surface area (Å²) >= 11 is 0. The second kappa shape index (κ2) is 9.35. The normalized spacial score (nSPS) is 23.9. The maximum absolute atomic E-state index is 13.1. The first-order chi connectivity index (χ1) is 13.4. The van der Waals surface area contributed by atoms with Crippen LogP contribution in [0.5, 0.6) is 0 Å². The number of hydrazine groups is 1. The van der Waals surface area contributed by atoms with Crippen LogP contribution >= 0.6 is 0 Å². The second-order valence-electron chi connectivity index (χ2n) is 8.91. The van der Waals surface area contributed by atoms with Crippen molar-refractivity contribution in [2.45, 2.75) is 51.2 Å². The van der Waals surface area contributed by atoms with Gasteiger partial charge in [0, 0.05) is 32.7 Å². The van der Waals surface area contributed by atoms with E-state index in [0.29, 0.717) is 31.3 Å². The molecule has 1 aromatic carbocycles. The highest BCUT2D eigenvalue weighted by Crippen LogP contribution is 2.26. The molecular weight excluding hydrogens is 352 g/mol. The molecule has 0 aromatic heterocycles. The Kier molecular flexibility index (Phi) is 7.10. The third-order valence-corrected chi connectivity index (χ3v) is 6.08. The molecule has 1 unspecified atom stereocenters. The van der Waals surface area contributed by atoms with E-state index in [-0.39, 0.29) is 5.91 Å². The zero-order valence-electron chi connectivity index (χ0n) is 17.6. The van der Waals surface area contributed by atoms with Gasteiger partial charge in [0.05, 0.1) is 0 Å². The summed E-state index contributed by atoms with van der Waals surface area (Å²) < 4.78 is 0. The standard InChI is InChI=1S/C22H36N4O2/c1-17(2)20-7-5-18(6-8-20)15-26-11-4-10-22(28,21(26)27)16-25(3)12-9-19-13-23-24-14-19/h5-8,17,19,23-24,28H,4,9-16H2,1-3H3. The molecule has 0 saturated carbocycles. The summed E-state index contributed by atoms with van der Waals surface area (Å²) in [5, 5.41) is 11.1. The highest BCUT2D eigenvalue weighted by atomic mass is 16.3. The Balaban J connectivity index is 1.55. The molecule has 0 spiro atoms. The predicted octanol–water partition coefficient (Wildman–Crippen LogP) is 1.71. The first kappa shape index (κ1) is 21.2. The van der Waals surface area contributed by atoms with Crippen LogP contribution in [0, 0.1) is 5.92 Å². The monoisotopic (exact) mass is 388 g/mol. The van der Waals surface area contributed by atoms with Crippen molar-refractivity contribution >= 4 is 5.91 Å². The number of amides is 1. The fraction of sp³-hybridized carbons (Fsp3) is 0.682. The Labute approximate surface area is 169 Å². The first-order valence-electron chi connectivity index (χ1n) is 10.6. The Morgan fingerprint density at radius 3 is 2.57 bits per heavy atom. The number of hydrogen-bond donors (Lipinski definition) is 3. The predicted molar refractivity (Wildman–Crippen MR) is 112 cm³/mol. The van der Waals surface area contributed by atoms with Gasteiger partial charge in [0.2, 0.25) is 0 Å². The van der Waals surface area contributed by atoms with Gasteiger partial charge in [-0.3, -0.25) is 15.6 Å². The van der Waals surface area contributed by atoms with Crippen molar-refractivity contribution in [3.63, 3.8) is 0 Å². The average molecular weight is 389 g/mol. The van der Waals surface area contributed by atoms with Crippen LogP contribution in [-0.2, 0) is 11.3 Å². The van der Waals surface area contributed by atoms with Gasteiger partial charge in [0.15, 0.2) is 5.60 Å². The molecule has 2 heterocycles. The smallest absolute Gasteiger partial charge is 0.256 e. The van der Waals surface area contributed by atoms with Gasteiger partial charge < -0.3 is 14.9 Å². The minimum absolute atomic E-state index is 0.122. The van der Waals surface area contributed by atoms with Gasteiger partial charge in [0.25, 0.3) is 5.91 Å². The van der Waals surface area contributed by atoms with Crippen LogP contribution in [-0.4, -0.2) is 66.2 Å². The number of rotatable bonds is 8. The summed E-state index contributed by atoms with van der Waals surface area (Å²) in [5.74, 6) is 0.995. The van der Waals surface area contributed by atoms with Crippen LogP contribution in [0.2, 0.25) is 0 Å². The minimum Gasteiger partial charge on any atom is -0.379 e. The minimum atomic E-state index is -1.27. The highest BCUT2D eigenvalue weighted by Gasteiger charge is 2.42. The lowest BCUT2D eigenvalue weighted by Gasteiger charge is -2.40. The van der Waals surface area contributed by atoms with E-state index in [9.17, 15) is 9.90 Å². The molecule has 1 aromatic rings. The lowest BCUT2D eigenvalue weighted by atomic mass is 9.90. The molecule has 1 atom stereocenters. The van der Waals surface area contributed by atoms with E-state index in [1.165, 1.54) is 5.56 Å². The Hall–Kier alpha value is -1.47. The van der Waals surface area contributed by atoms with Gasteiger partial charge in [-0.25, -0.2) is 0 Å². The topological polar surface area (TPSA) is 67.8 Å². The number of hydrogen-bond acceptors (Lipinski definition) is 5. The molecule has 0 radical (unpaired) electrons. The van der Waals surface area contributed by atoms with Crippen LogP contribution in [0.15, 0.2) is 24.3 Å². The van der Waals surface area contributed by atoms with Crippen molar-refractivity contribution in [2.75, 3.05) is 39.8 Å². The second-order valence-corrected chi connectivity index (χ2v) is 8.91. The highest BCUT2D eigenvalue weighted by molar-refractivity contribution is 5.86. The van der Waals surface area contributed by atoms with Crippen molar-refractivity contribution in [2.24, 2.45) is 5.92 Å². The van der Waals surface area contributed by atoms with Crippen molar-refractivity contribution in [3.8, 4) is 0 Å². The molecule has 6 nitrogen and oxygen atoms in total. The van der Waals surface area contributed by atoms with Crippen molar-refractivity contribution < 1.29 is 9.90 Å². The number of likely N-dealkylation sites (N-methyl/N-ethyl adjacent to an activating group) is 1. The fourth-order valence-electron chi connectivity index (χ4n) is 4.23. The Morgan fingerprint density at radius 1 is 1.25 bits per heavy atom. The zero-order valence-corrected chi connectivity index (χ0v) is 17.6. The molecular formula is C22H36N4O2. The Morgan fingerprint density at radius 2 is 1.93 bits per heavy atom. The molecule has 6 heteroatoms. The maximum Gasteiger partial charge on any atom is 0.256 e. The third-order valence-electron chi connectivity index (χ3n) is 6.08. The van der Waals surface area contributed by atoms with Gasteiger partial charge in [-0.05, 0) is 55.8 Å². The van der Waals surface area contributed by atoms with E-state index in [4.69, 9.17) is 0 Å². The number of benzene rings is 1. The van der Waals surface area contributed by atoms with Crippen molar-refractivity contribution in [3.05, 3.63) is 35.4 Å². The SMILES string of the molecule is CC(C)c1ccc(CN2CCCC(O)(CN(C)CCC3CNNC3)C2=O)cc1. The maximum atomic E-state index is 13.1. The van der Waals surface area contributed by atoms with E-state index in [0.717, 1.165) is 44.6 Å². The van der Waals surface area contributed by atoms with Gasteiger partial charge >= 0.3 is 0 Å². The Bertz CT molecular complexity index is 642. The summed E-state index contributed by atoms with van der Waals surface area (Å²) in [7, 11) is 2.00. The molecule has 28 heavy (non-hydrogen) atoms. The molecule has 0 aliphatic carbocycles. The fourth-order valence-corrected chi connectivity index (χ4v) is 4.23. The van der Waals surface area contributed by atoms with Crippen LogP contribution in [0.1, 0.15) is 50.2 Å². The van der Waals surface area contributed by atoms with Crippen LogP contribution in [0.25, 0.3) is 0 Å². The van der Waals surface area contributed by atoms with E-state index in [1.54, 1.807) is 0 Å². The van der Waals surface area contributed by atoms with Crippen LogP contribution < -0.4 is 10.9 Å². The molecule has 2 aliphatic heterocycles. The largest absolute Gasteiger partial charge is 0.379 e.